The number of hydrogen-bond donors (Lipinski definition) is 1. The van der Waals surface area contributed by atoms with Crippen LogP contribution >= 0.6 is 24.0 Å². The fourth-order valence-electron chi connectivity index (χ4n) is 2.94. The zero-order chi connectivity index (χ0) is 19.2. The Hall–Kier alpha value is -0.610. The van der Waals surface area contributed by atoms with E-state index in [2.05, 4.69) is 10.3 Å². The number of hydrogen-bond acceptors (Lipinski definition) is 4. The normalized spacial score (nSPS) is 15.2. The number of nitrogens with zero attached hydrogens (tertiary/aromatic N) is 3. The molecule has 27 heavy (non-hydrogen) atoms. The van der Waals surface area contributed by atoms with Crippen LogP contribution in [0, 0.1) is 5.92 Å². The Labute approximate surface area is 182 Å². The molecule has 1 heterocycles. The molecule has 8 heteroatoms. The standard InChI is InChI=1S/C19H38N4O3.HI/c1-5-20-19(22(4)15-18(24)23(6-2)7-3)21-11-8-12-26-16-17-9-13-25-14-10-17;/h17H,5-16H2,1-4H3,(H,20,21);1H. The van der Waals surface area contributed by atoms with Crippen LogP contribution < -0.4 is 5.32 Å². The summed E-state index contributed by atoms with van der Waals surface area (Å²) >= 11 is 0. The van der Waals surface area contributed by atoms with Gasteiger partial charge in [-0.25, -0.2) is 0 Å². The highest BCUT2D eigenvalue weighted by Crippen LogP contribution is 2.14. The van der Waals surface area contributed by atoms with Gasteiger partial charge in [0.1, 0.15) is 0 Å². The monoisotopic (exact) mass is 498 g/mol. The molecule has 1 fully saturated rings. The van der Waals surface area contributed by atoms with Crippen molar-refractivity contribution in [1.82, 2.24) is 15.1 Å². The molecule has 0 atom stereocenters. The number of halogens is 1. The van der Waals surface area contributed by atoms with Crippen molar-refractivity contribution in [2.45, 2.75) is 40.0 Å². The van der Waals surface area contributed by atoms with Crippen molar-refractivity contribution in [1.29, 1.82) is 0 Å². The molecule has 1 amide bonds. The zero-order valence-corrected chi connectivity index (χ0v) is 19.9. The van der Waals surface area contributed by atoms with Crippen LogP contribution in [0.15, 0.2) is 4.99 Å². The van der Waals surface area contributed by atoms with Gasteiger partial charge in [0.05, 0.1) is 6.54 Å². The highest BCUT2D eigenvalue weighted by atomic mass is 127. The second kappa shape index (κ2) is 16.4. The van der Waals surface area contributed by atoms with Gasteiger partial charge in [-0.3, -0.25) is 9.79 Å². The van der Waals surface area contributed by atoms with E-state index in [4.69, 9.17) is 9.47 Å². The van der Waals surface area contributed by atoms with Crippen LogP contribution in [0.4, 0.5) is 0 Å². The van der Waals surface area contributed by atoms with Crippen molar-refractivity contribution in [3.05, 3.63) is 0 Å². The molecule has 0 saturated carbocycles. The largest absolute Gasteiger partial charge is 0.381 e. The lowest BCUT2D eigenvalue weighted by Gasteiger charge is -2.25. The van der Waals surface area contributed by atoms with Crippen LogP contribution in [0.2, 0.25) is 0 Å². The number of ether oxygens (including phenoxy) is 2. The highest BCUT2D eigenvalue weighted by molar-refractivity contribution is 14.0. The predicted molar refractivity (Wildman–Crippen MR) is 121 cm³/mol. The molecule has 1 aliphatic rings. The summed E-state index contributed by atoms with van der Waals surface area (Å²) in [5.41, 5.74) is 0. The van der Waals surface area contributed by atoms with Gasteiger partial charge in [-0.05, 0) is 46.0 Å². The van der Waals surface area contributed by atoms with Crippen molar-refractivity contribution in [3.8, 4) is 0 Å². The van der Waals surface area contributed by atoms with Crippen LogP contribution in [0.5, 0.6) is 0 Å². The fourth-order valence-corrected chi connectivity index (χ4v) is 2.94. The van der Waals surface area contributed by atoms with Gasteiger partial charge in [0, 0.05) is 59.7 Å². The van der Waals surface area contributed by atoms with Crippen LogP contribution in [-0.4, -0.2) is 87.9 Å². The summed E-state index contributed by atoms with van der Waals surface area (Å²) in [6.45, 7) is 12.6. The molecule has 0 aromatic rings. The van der Waals surface area contributed by atoms with E-state index in [0.29, 0.717) is 19.0 Å². The Kier molecular flexibility index (Phi) is 16.0. The molecule has 0 aromatic heterocycles. The maximum Gasteiger partial charge on any atom is 0.242 e. The smallest absolute Gasteiger partial charge is 0.242 e. The third kappa shape index (κ3) is 11.1. The molecule has 0 radical (unpaired) electrons. The van der Waals surface area contributed by atoms with E-state index >= 15 is 0 Å². The number of likely N-dealkylation sites (N-methyl/N-ethyl adjacent to an activating group) is 2. The third-order valence-electron chi connectivity index (χ3n) is 4.59. The molecule has 0 spiro atoms. The molecular formula is C19H39IN4O3. The van der Waals surface area contributed by atoms with Crippen LogP contribution in [0.3, 0.4) is 0 Å². The van der Waals surface area contributed by atoms with Gasteiger partial charge >= 0.3 is 0 Å². The number of carbonyl (C=O) groups excluding carboxylic acids is 1. The van der Waals surface area contributed by atoms with Gasteiger partial charge in [0.2, 0.25) is 5.91 Å². The minimum atomic E-state index is 0. The van der Waals surface area contributed by atoms with E-state index in [-0.39, 0.29) is 29.9 Å². The first-order chi connectivity index (χ1) is 12.6. The third-order valence-corrected chi connectivity index (χ3v) is 4.59. The molecule has 0 aromatic carbocycles. The number of guanidine groups is 1. The first kappa shape index (κ1) is 26.4. The van der Waals surface area contributed by atoms with Crippen LogP contribution in [0.1, 0.15) is 40.0 Å². The Morgan fingerprint density at radius 2 is 1.89 bits per heavy atom. The molecule has 0 unspecified atom stereocenters. The Bertz CT molecular complexity index is 414. The minimum Gasteiger partial charge on any atom is -0.381 e. The van der Waals surface area contributed by atoms with Gasteiger partial charge in [-0.1, -0.05) is 0 Å². The number of amides is 1. The van der Waals surface area contributed by atoms with Crippen LogP contribution in [0.25, 0.3) is 0 Å². The highest BCUT2D eigenvalue weighted by Gasteiger charge is 2.15. The van der Waals surface area contributed by atoms with Crippen LogP contribution in [-0.2, 0) is 14.3 Å². The van der Waals surface area contributed by atoms with Gasteiger partial charge < -0.3 is 24.6 Å². The molecule has 1 aliphatic heterocycles. The fraction of sp³-hybridized carbons (Fsp3) is 0.895. The zero-order valence-electron chi connectivity index (χ0n) is 17.5. The summed E-state index contributed by atoms with van der Waals surface area (Å²) in [7, 11) is 1.91. The molecule has 7 nitrogen and oxygen atoms in total. The minimum absolute atomic E-state index is 0. The second-order valence-corrected chi connectivity index (χ2v) is 6.64. The summed E-state index contributed by atoms with van der Waals surface area (Å²) in [6.07, 6.45) is 3.10. The van der Waals surface area contributed by atoms with Crippen molar-refractivity contribution >= 4 is 35.8 Å². The summed E-state index contributed by atoms with van der Waals surface area (Å²) in [4.78, 5) is 20.6. The van der Waals surface area contributed by atoms with E-state index in [1.807, 2.05) is 37.6 Å². The molecule has 1 rings (SSSR count). The summed E-state index contributed by atoms with van der Waals surface area (Å²) in [6, 6.07) is 0. The van der Waals surface area contributed by atoms with E-state index in [1.165, 1.54) is 0 Å². The van der Waals surface area contributed by atoms with Gasteiger partial charge in [0.15, 0.2) is 5.96 Å². The number of aliphatic imine (C=N–C) groups is 1. The Balaban J connectivity index is 0.00000676. The topological polar surface area (TPSA) is 66.4 Å². The summed E-state index contributed by atoms with van der Waals surface area (Å²) < 4.78 is 11.1. The Morgan fingerprint density at radius 1 is 1.22 bits per heavy atom. The second-order valence-electron chi connectivity index (χ2n) is 6.64. The number of carbonyl (C=O) groups is 1. The first-order valence-electron chi connectivity index (χ1n) is 10.0. The van der Waals surface area contributed by atoms with Gasteiger partial charge in [-0.2, -0.15) is 0 Å². The molecule has 0 bridgehead atoms. The lowest BCUT2D eigenvalue weighted by Crippen LogP contribution is -2.45. The maximum absolute atomic E-state index is 12.3. The van der Waals surface area contributed by atoms with E-state index < -0.39 is 0 Å². The molecule has 1 saturated heterocycles. The predicted octanol–water partition coefficient (Wildman–Crippen LogP) is 2.20. The molecule has 160 valence electrons. The number of rotatable bonds is 11. The molecule has 0 aliphatic carbocycles. The first-order valence-corrected chi connectivity index (χ1v) is 10.0. The van der Waals surface area contributed by atoms with Gasteiger partial charge in [0.25, 0.3) is 0 Å². The van der Waals surface area contributed by atoms with Crippen molar-refractivity contribution in [2.24, 2.45) is 10.9 Å². The summed E-state index contributed by atoms with van der Waals surface area (Å²) in [5.74, 6) is 1.54. The quantitative estimate of drug-likeness (QED) is 0.205. The number of nitrogens with one attached hydrogen (secondary N) is 1. The molecule has 1 N–H and O–H groups in total. The lowest BCUT2D eigenvalue weighted by molar-refractivity contribution is -0.131. The lowest BCUT2D eigenvalue weighted by atomic mass is 10.0. The Morgan fingerprint density at radius 3 is 2.48 bits per heavy atom. The van der Waals surface area contributed by atoms with Crippen molar-refractivity contribution in [3.63, 3.8) is 0 Å². The van der Waals surface area contributed by atoms with Gasteiger partial charge in [-0.15, -0.1) is 24.0 Å². The maximum atomic E-state index is 12.3. The average molecular weight is 498 g/mol. The SMILES string of the molecule is CCNC(=NCCCOCC1CCOCC1)N(C)CC(=O)N(CC)CC.I. The molecular weight excluding hydrogens is 459 g/mol. The van der Waals surface area contributed by atoms with Crippen molar-refractivity contribution < 1.29 is 14.3 Å². The van der Waals surface area contributed by atoms with E-state index in [1.54, 1.807) is 0 Å². The van der Waals surface area contributed by atoms with E-state index in [9.17, 15) is 4.79 Å². The summed E-state index contributed by atoms with van der Waals surface area (Å²) in [5, 5.41) is 3.26. The van der Waals surface area contributed by atoms with E-state index in [0.717, 1.165) is 71.3 Å². The average Bonchev–Trinajstić information content (AvgIpc) is 2.65. The van der Waals surface area contributed by atoms with Crippen molar-refractivity contribution in [2.75, 3.05) is 66.2 Å².